The van der Waals surface area contributed by atoms with E-state index in [0.29, 0.717) is 6.54 Å². The van der Waals surface area contributed by atoms with Crippen molar-refractivity contribution in [3.8, 4) is 0 Å². The molecule has 0 saturated carbocycles. The van der Waals surface area contributed by atoms with Crippen molar-refractivity contribution in [1.82, 2.24) is 14.2 Å². The highest BCUT2D eigenvalue weighted by atomic mass is 32.1. The van der Waals surface area contributed by atoms with Gasteiger partial charge in [0, 0.05) is 11.6 Å². The lowest BCUT2D eigenvalue weighted by Crippen LogP contribution is -2.22. The fraction of sp³-hybridized carbons (Fsp3) is 0.125. The molecule has 0 spiro atoms. The summed E-state index contributed by atoms with van der Waals surface area (Å²) in [6.45, 7) is 0.417. The minimum absolute atomic E-state index is 0.194. The summed E-state index contributed by atoms with van der Waals surface area (Å²) in [5.74, 6) is 0. The second kappa shape index (κ2) is 3.59. The number of nitrogen functional groups attached to an aromatic ring is 1. The highest BCUT2D eigenvalue weighted by Crippen LogP contribution is 2.00. The maximum Gasteiger partial charge on any atom is 0.274 e. The minimum Gasteiger partial charge on any atom is -0.394 e. The van der Waals surface area contributed by atoms with Gasteiger partial charge >= 0.3 is 0 Å². The largest absolute Gasteiger partial charge is 0.394 e. The molecule has 2 heterocycles. The second-order valence-corrected chi connectivity index (χ2v) is 3.40. The molecule has 0 radical (unpaired) electrons. The third kappa shape index (κ3) is 1.64. The molecule has 72 valence electrons. The average Bonchev–Trinajstić information content (AvgIpc) is 2.66. The van der Waals surface area contributed by atoms with Gasteiger partial charge in [0.1, 0.15) is 0 Å². The Bertz CT molecular complexity index is 476. The number of nitrogens with two attached hydrogens (primary N) is 1. The van der Waals surface area contributed by atoms with Gasteiger partial charge in [0.25, 0.3) is 5.56 Å². The Balaban J connectivity index is 2.34. The van der Waals surface area contributed by atoms with Crippen molar-refractivity contribution in [3.63, 3.8) is 0 Å². The van der Waals surface area contributed by atoms with Crippen LogP contribution in [0.3, 0.4) is 0 Å². The van der Waals surface area contributed by atoms with Gasteiger partial charge in [0.15, 0.2) is 0 Å². The lowest BCUT2D eigenvalue weighted by molar-refractivity contribution is 0.738. The second-order valence-electron chi connectivity index (χ2n) is 2.79. The first-order chi connectivity index (χ1) is 6.77. The predicted molar refractivity (Wildman–Crippen MR) is 54.1 cm³/mol. The topological polar surface area (TPSA) is 73.8 Å². The lowest BCUT2D eigenvalue weighted by atomic mass is 10.4. The Morgan fingerprint density at radius 2 is 2.43 bits per heavy atom. The van der Waals surface area contributed by atoms with Gasteiger partial charge in [-0.25, -0.2) is 0 Å². The van der Waals surface area contributed by atoms with Crippen LogP contribution >= 0.6 is 11.5 Å². The minimum atomic E-state index is -0.194. The molecule has 0 fully saturated rings. The van der Waals surface area contributed by atoms with Gasteiger partial charge in [-0.3, -0.25) is 4.79 Å². The first-order valence-electron chi connectivity index (χ1n) is 3.98. The zero-order chi connectivity index (χ0) is 9.97. The smallest absolute Gasteiger partial charge is 0.274 e. The van der Waals surface area contributed by atoms with Crippen LogP contribution in [-0.4, -0.2) is 14.2 Å². The van der Waals surface area contributed by atoms with Gasteiger partial charge in [-0.15, -0.1) is 5.10 Å². The number of aromatic nitrogens is 3. The van der Waals surface area contributed by atoms with Crippen LogP contribution in [0.2, 0.25) is 0 Å². The van der Waals surface area contributed by atoms with E-state index in [2.05, 4.69) is 9.59 Å². The average molecular weight is 208 g/mol. The van der Waals surface area contributed by atoms with Gasteiger partial charge in [0.2, 0.25) is 0 Å². The monoisotopic (exact) mass is 208 g/mol. The molecule has 0 aromatic carbocycles. The van der Waals surface area contributed by atoms with Crippen LogP contribution in [0.15, 0.2) is 28.5 Å². The van der Waals surface area contributed by atoms with Crippen molar-refractivity contribution >= 4 is 17.2 Å². The molecule has 2 rings (SSSR count). The molecular weight excluding hydrogens is 200 g/mol. The van der Waals surface area contributed by atoms with E-state index in [4.69, 9.17) is 5.73 Å². The molecule has 6 heteroatoms. The number of anilines is 1. The highest BCUT2D eigenvalue weighted by molar-refractivity contribution is 7.03. The number of nitrogens with zero attached hydrogens (tertiary/aromatic N) is 3. The maximum absolute atomic E-state index is 11.5. The van der Waals surface area contributed by atoms with E-state index >= 15 is 0 Å². The standard InChI is InChI=1S/C8H8N4OS/c9-7-2-1-3-12(8(7)13)4-6-5-14-11-10-6/h1-3,5H,4,9H2. The van der Waals surface area contributed by atoms with Crippen molar-refractivity contribution in [2.24, 2.45) is 0 Å². The normalized spacial score (nSPS) is 10.3. The summed E-state index contributed by atoms with van der Waals surface area (Å²) in [5, 5.41) is 5.65. The summed E-state index contributed by atoms with van der Waals surface area (Å²) in [6, 6.07) is 3.31. The van der Waals surface area contributed by atoms with Crippen molar-refractivity contribution < 1.29 is 0 Å². The molecular formula is C8H8N4OS. The first kappa shape index (κ1) is 8.89. The number of hydrogen-bond donors (Lipinski definition) is 1. The van der Waals surface area contributed by atoms with Crippen molar-refractivity contribution in [2.75, 3.05) is 5.73 Å². The van der Waals surface area contributed by atoms with Gasteiger partial charge in [0.05, 0.1) is 17.9 Å². The van der Waals surface area contributed by atoms with Gasteiger partial charge < -0.3 is 10.3 Å². The predicted octanol–water partition coefficient (Wildman–Crippen LogP) is 0.330. The summed E-state index contributed by atoms with van der Waals surface area (Å²) in [6.07, 6.45) is 1.68. The van der Waals surface area contributed by atoms with Crippen LogP contribution < -0.4 is 11.3 Å². The van der Waals surface area contributed by atoms with E-state index in [1.165, 1.54) is 16.1 Å². The van der Waals surface area contributed by atoms with E-state index in [-0.39, 0.29) is 11.2 Å². The van der Waals surface area contributed by atoms with Crippen LogP contribution in [0.4, 0.5) is 5.69 Å². The molecule has 0 unspecified atom stereocenters. The molecule has 0 aliphatic rings. The molecule has 0 aliphatic heterocycles. The Morgan fingerprint density at radius 3 is 3.14 bits per heavy atom. The molecule has 5 nitrogen and oxygen atoms in total. The van der Waals surface area contributed by atoms with E-state index < -0.39 is 0 Å². The molecule has 14 heavy (non-hydrogen) atoms. The fourth-order valence-corrected chi connectivity index (χ4v) is 1.55. The van der Waals surface area contributed by atoms with Crippen molar-refractivity contribution in [3.05, 3.63) is 39.8 Å². The first-order valence-corrected chi connectivity index (χ1v) is 4.82. The summed E-state index contributed by atoms with van der Waals surface area (Å²) >= 11 is 1.26. The van der Waals surface area contributed by atoms with Crippen molar-refractivity contribution in [2.45, 2.75) is 6.54 Å². The SMILES string of the molecule is Nc1cccn(Cc2csnn2)c1=O. The van der Waals surface area contributed by atoms with Crippen LogP contribution in [0, 0.1) is 0 Å². The van der Waals surface area contributed by atoms with Crippen LogP contribution in [0.5, 0.6) is 0 Å². The highest BCUT2D eigenvalue weighted by Gasteiger charge is 2.01. The van der Waals surface area contributed by atoms with Gasteiger partial charge in [-0.1, -0.05) is 4.49 Å². The van der Waals surface area contributed by atoms with Crippen LogP contribution in [0.25, 0.3) is 0 Å². The number of pyridine rings is 1. The Hall–Kier alpha value is -1.69. The molecule has 2 aromatic rings. The Morgan fingerprint density at radius 1 is 1.57 bits per heavy atom. The molecule has 0 bridgehead atoms. The fourth-order valence-electron chi connectivity index (χ4n) is 1.11. The lowest BCUT2D eigenvalue weighted by Gasteiger charge is -2.02. The molecule has 0 amide bonds. The van der Waals surface area contributed by atoms with Gasteiger partial charge in [-0.2, -0.15) is 0 Å². The molecule has 0 aliphatic carbocycles. The maximum atomic E-state index is 11.5. The molecule has 2 N–H and O–H groups in total. The third-order valence-electron chi connectivity index (χ3n) is 1.79. The van der Waals surface area contributed by atoms with E-state index in [1.54, 1.807) is 23.7 Å². The van der Waals surface area contributed by atoms with E-state index in [0.717, 1.165) is 5.69 Å². The summed E-state index contributed by atoms with van der Waals surface area (Å²) in [7, 11) is 0. The third-order valence-corrected chi connectivity index (χ3v) is 2.34. The molecule has 0 atom stereocenters. The Kier molecular flexibility index (Phi) is 2.28. The van der Waals surface area contributed by atoms with Crippen LogP contribution in [0.1, 0.15) is 5.69 Å². The van der Waals surface area contributed by atoms with E-state index in [9.17, 15) is 4.79 Å². The van der Waals surface area contributed by atoms with E-state index in [1.807, 2.05) is 0 Å². The summed E-state index contributed by atoms with van der Waals surface area (Å²) < 4.78 is 5.22. The van der Waals surface area contributed by atoms with Gasteiger partial charge in [-0.05, 0) is 23.7 Å². The summed E-state index contributed by atoms with van der Waals surface area (Å²) in [4.78, 5) is 11.5. The zero-order valence-corrected chi connectivity index (χ0v) is 8.07. The quantitative estimate of drug-likeness (QED) is 0.771. The number of rotatable bonds is 2. The molecule has 0 saturated heterocycles. The summed E-state index contributed by atoms with van der Waals surface area (Å²) in [5.41, 5.74) is 6.30. The zero-order valence-electron chi connectivity index (χ0n) is 7.25. The number of hydrogen-bond acceptors (Lipinski definition) is 5. The Labute approximate surface area is 84.0 Å². The van der Waals surface area contributed by atoms with Crippen LogP contribution in [-0.2, 0) is 6.54 Å². The van der Waals surface area contributed by atoms with Crippen molar-refractivity contribution in [1.29, 1.82) is 0 Å². The molecule has 2 aromatic heterocycles.